The molecule has 0 amide bonds. The molecule has 1 aliphatic rings. The lowest BCUT2D eigenvalue weighted by molar-refractivity contribution is 0.0865. The van der Waals surface area contributed by atoms with Crippen molar-refractivity contribution in [2.75, 3.05) is 32.7 Å². The maximum absolute atomic E-state index is 6.40. The Bertz CT molecular complexity index is 416. The molecule has 0 spiro atoms. The highest BCUT2D eigenvalue weighted by Gasteiger charge is 2.29. The third kappa shape index (κ3) is 3.53. The highest BCUT2D eigenvalue weighted by Crippen LogP contribution is 2.31. The zero-order valence-corrected chi connectivity index (χ0v) is 13.3. The first-order chi connectivity index (χ1) is 9.67. The number of hydrogen-bond donors (Lipinski definition) is 1. The Balaban J connectivity index is 2.19. The van der Waals surface area contributed by atoms with Crippen LogP contribution in [0.3, 0.4) is 0 Å². The van der Waals surface area contributed by atoms with Crippen LogP contribution >= 0.6 is 11.6 Å². The van der Waals surface area contributed by atoms with E-state index >= 15 is 0 Å². The number of likely N-dealkylation sites (N-methyl/N-ethyl adjacent to an activating group) is 1. The Labute approximate surface area is 127 Å². The predicted molar refractivity (Wildman–Crippen MR) is 86.1 cm³/mol. The summed E-state index contributed by atoms with van der Waals surface area (Å²) in [5, 5.41) is 0.833. The van der Waals surface area contributed by atoms with Gasteiger partial charge in [-0.1, -0.05) is 43.6 Å². The Morgan fingerprint density at radius 2 is 1.80 bits per heavy atom. The van der Waals surface area contributed by atoms with Crippen molar-refractivity contribution in [2.45, 2.75) is 32.4 Å². The summed E-state index contributed by atoms with van der Waals surface area (Å²) in [6, 6.07) is 8.48. The highest BCUT2D eigenvalue weighted by molar-refractivity contribution is 6.31. The lowest BCUT2D eigenvalue weighted by Gasteiger charge is -2.41. The van der Waals surface area contributed by atoms with Gasteiger partial charge < -0.3 is 10.6 Å². The fourth-order valence-electron chi connectivity index (χ4n) is 2.99. The number of rotatable bonds is 5. The lowest BCUT2D eigenvalue weighted by Crippen LogP contribution is -2.51. The van der Waals surface area contributed by atoms with E-state index in [1.807, 2.05) is 12.1 Å². The fraction of sp³-hybridized carbons (Fsp3) is 0.625. The second-order valence-corrected chi connectivity index (χ2v) is 5.92. The van der Waals surface area contributed by atoms with Crippen molar-refractivity contribution >= 4 is 11.6 Å². The molecule has 2 unspecified atom stereocenters. The molecular formula is C16H26ClN3. The molecule has 2 rings (SSSR count). The van der Waals surface area contributed by atoms with Gasteiger partial charge >= 0.3 is 0 Å². The number of benzene rings is 1. The Kier molecular flexibility index (Phi) is 5.85. The summed E-state index contributed by atoms with van der Waals surface area (Å²) in [4.78, 5) is 4.99. The molecule has 4 heteroatoms. The van der Waals surface area contributed by atoms with Gasteiger partial charge in [0.15, 0.2) is 0 Å². The van der Waals surface area contributed by atoms with Crippen LogP contribution in [-0.2, 0) is 0 Å². The zero-order chi connectivity index (χ0) is 14.5. The van der Waals surface area contributed by atoms with Crippen molar-refractivity contribution < 1.29 is 0 Å². The smallest absolute Gasteiger partial charge is 0.0514 e. The van der Waals surface area contributed by atoms with Crippen LogP contribution in [0.25, 0.3) is 0 Å². The van der Waals surface area contributed by atoms with Gasteiger partial charge in [0, 0.05) is 37.2 Å². The summed E-state index contributed by atoms with van der Waals surface area (Å²) < 4.78 is 0. The minimum atomic E-state index is 0.128. The molecule has 0 radical (unpaired) electrons. The van der Waals surface area contributed by atoms with Gasteiger partial charge in [0.1, 0.15) is 0 Å². The van der Waals surface area contributed by atoms with E-state index in [9.17, 15) is 0 Å². The predicted octanol–water partition coefficient (Wildman–Crippen LogP) is 2.76. The first-order valence-corrected chi connectivity index (χ1v) is 8.01. The van der Waals surface area contributed by atoms with E-state index in [1.165, 1.54) is 5.56 Å². The van der Waals surface area contributed by atoms with Crippen molar-refractivity contribution in [1.29, 1.82) is 0 Å². The Hall–Kier alpha value is -0.610. The molecule has 1 fully saturated rings. The molecule has 1 aliphatic heterocycles. The molecule has 112 valence electrons. The van der Waals surface area contributed by atoms with Crippen LogP contribution in [0.4, 0.5) is 0 Å². The van der Waals surface area contributed by atoms with Crippen LogP contribution in [-0.4, -0.2) is 48.6 Å². The van der Waals surface area contributed by atoms with Gasteiger partial charge in [-0.3, -0.25) is 4.90 Å². The average Bonchev–Trinajstić information content (AvgIpc) is 2.50. The van der Waals surface area contributed by atoms with Crippen LogP contribution in [0.15, 0.2) is 24.3 Å². The first kappa shape index (κ1) is 15.8. The number of hydrogen-bond acceptors (Lipinski definition) is 3. The second-order valence-electron chi connectivity index (χ2n) is 5.51. The lowest BCUT2D eigenvalue weighted by atomic mass is 9.95. The number of nitrogens with zero attached hydrogens (tertiary/aromatic N) is 2. The molecule has 2 N–H and O–H groups in total. The summed E-state index contributed by atoms with van der Waals surface area (Å²) in [6.45, 7) is 9.87. The van der Waals surface area contributed by atoms with Gasteiger partial charge in [0.05, 0.1) is 6.04 Å². The molecule has 3 nitrogen and oxygen atoms in total. The molecule has 2 atom stereocenters. The average molecular weight is 296 g/mol. The number of piperazine rings is 1. The van der Waals surface area contributed by atoms with Gasteiger partial charge in [0.2, 0.25) is 0 Å². The molecule has 1 aromatic carbocycles. The molecule has 1 heterocycles. The van der Waals surface area contributed by atoms with Crippen LogP contribution in [0.5, 0.6) is 0 Å². The standard InChI is InChI=1S/C16H26ClN3/c1-3-15(18)16(13-7-5-6-8-14(13)17)20-11-9-19(4-2)10-12-20/h5-8,15-16H,3-4,9-12,18H2,1-2H3. The van der Waals surface area contributed by atoms with E-state index in [2.05, 4.69) is 35.8 Å². The number of halogens is 1. The molecule has 1 saturated heterocycles. The molecule has 0 aliphatic carbocycles. The number of nitrogens with two attached hydrogens (primary N) is 1. The molecule has 0 aromatic heterocycles. The van der Waals surface area contributed by atoms with Gasteiger partial charge in [-0.2, -0.15) is 0 Å². The summed E-state index contributed by atoms with van der Waals surface area (Å²) in [7, 11) is 0. The van der Waals surface area contributed by atoms with E-state index < -0.39 is 0 Å². The topological polar surface area (TPSA) is 32.5 Å². The van der Waals surface area contributed by atoms with Gasteiger partial charge in [0.25, 0.3) is 0 Å². The van der Waals surface area contributed by atoms with Crippen molar-refractivity contribution in [3.05, 3.63) is 34.9 Å². The summed E-state index contributed by atoms with van der Waals surface area (Å²) in [6.07, 6.45) is 0.962. The summed E-state index contributed by atoms with van der Waals surface area (Å²) >= 11 is 6.40. The Morgan fingerprint density at radius 3 is 2.35 bits per heavy atom. The minimum absolute atomic E-state index is 0.128. The van der Waals surface area contributed by atoms with E-state index in [0.717, 1.165) is 44.2 Å². The van der Waals surface area contributed by atoms with Gasteiger partial charge in [-0.15, -0.1) is 0 Å². The molecule has 1 aromatic rings. The van der Waals surface area contributed by atoms with E-state index in [0.29, 0.717) is 0 Å². The Morgan fingerprint density at radius 1 is 1.15 bits per heavy atom. The third-order valence-electron chi connectivity index (χ3n) is 4.35. The quantitative estimate of drug-likeness (QED) is 0.906. The van der Waals surface area contributed by atoms with Crippen molar-refractivity contribution in [2.24, 2.45) is 5.73 Å². The molecule has 0 saturated carbocycles. The SMILES string of the molecule is CCC(N)C(c1ccccc1Cl)N1CCN(CC)CC1. The van der Waals surface area contributed by atoms with Crippen molar-refractivity contribution in [3.63, 3.8) is 0 Å². The van der Waals surface area contributed by atoms with Gasteiger partial charge in [-0.25, -0.2) is 0 Å². The van der Waals surface area contributed by atoms with Crippen LogP contribution in [0.1, 0.15) is 31.9 Å². The van der Waals surface area contributed by atoms with Gasteiger partial charge in [-0.05, 0) is 24.6 Å². The zero-order valence-electron chi connectivity index (χ0n) is 12.6. The van der Waals surface area contributed by atoms with E-state index in [1.54, 1.807) is 0 Å². The van der Waals surface area contributed by atoms with E-state index in [-0.39, 0.29) is 12.1 Å². The normalized spacial score (nSPS) is 20.8. The second kappa shape index (κ2) is 7.41. The third-order valence-corrected chi connectivity index (χ3v) is 4.69. The van der Waals surface area contributed by atoms with Crippen molar-refractivity contribution in [3.8, 4) is 0 Å². The summed E-state index contributed by atoms with van der Waals surface area (Å²) in [5.74, 6) is 0. The maximum Gasteiger partial charge on any atom is 0.0514 e. The van der Waals surface area contributed by atoms with Crippen LogP contribution in [0.2, 0.25) is 5.02 Å². The maximum atomic E-state index is 6.40. The summed E-state index contributed by atoms with van der Waals surface area (Å²) in [5.41, 5.74) is 7.58. The van der Waals surface area contributed by atoms with E-state index in [4.69, 9.17) is 17.3 Å². The van der Waals surface area contributed by atoms with Crippen LogP contribution < -0.4 is 5.73 Å². The molecular weight excluding hydrogens is 270 g/mol. The minimum Gasteiger partial charge on any atom is -0.326 e. The fourth-order valence-corrected chi connectivity index (χ4v) is 3.24. The molecule has 0 bridgehead atoms. The molecule has 20 heavy (non-hydrogen) atoms. The monoisotopic (exact) mass is 295 g/mol. The highest BCUT2D eigenvalue weighted by atomic mass is 35.5. The van der Waals surface area contributed by atoms with Crippen molar-refractivity contribution in [1.82, 2.24) is 9.80 Å². The largest absolute Gasteiger partial charge is 0.326 e. The van der Waals surface area contributed by atoms with Crippen LogP contribution in [0, 0.1) is 0 Å². The first-order valence-electron chi connectivity index (χ1n) is 7.63.